The molecule has 0 aliphatic carbocycles. The predicted molar refractivity (Wildman–Crippen MR) is 78.7 cm³/mol. The van der Waals surface area contributed by atoms with E-state index < -0.39 is 0 Å². The van der Waals surface area contributed by atoms with Gasteiger partial charge >= 0.3 is 0 Å². The number of nitrogens with two attached hydrogens (primary N) is 1. The summed E-state index contributed by atoms with van der Waals surface area (Å²) in [7, 11) is 0. The number of pyridine rings is 1. The molecule has 1 heterocycles. The van der Waals surface area contributed by atoms with Gasteiger partial charge in [0.2, 0.25) is 0 Å². The third kappa shape index (κ3) is 3.19. The molecule has 0 radical (unpaired) electrons. The second-order valence-electron chi connectivity index (χ2n) is 5.00. The lowest BCUT2D eigenvalue weighted by Crippen LogP contribution is -2.30. The Morgan fingerprint density at radius 3 is 2.26 bits per heavy atom. The first kappa shape index (κ1) is 13.7. The lowest BCUT2D eigenvalue weighted by Gasteiger charge is -2.18. The number of aromatic nitrogens is 1. The summed E-state index contributed by atoms with van der Waals surface area (Å²) in [5.74, 6) is 5.71. The van der Waals surface area contributed by atoms with Gasteiger partial charge in [0.25, 0.3) is 0 Å². The average molecular weight is 255 g/mol. The van der Waals surface area contributed by atoms with Crippen LogP contribution in [0, 0.1) is 20.8 Å². The first-order valence-corrected chi connectivity index (χ1v) is 6.56. The van der Waals surface area contributed by atoms with E-state index in [1.165, 1.54) is 16.7 Å². The molecule has 0 amide bonds. The highest BCUT2D eigenvalue weighted by Crippen LogP contribution is 2.21. The standard InChI is InChI=1S/C16H21N3/c1-11-6-4-7-12(2)14(11)10-16(19-17)15-9-5-8-13(3)18-15/h4-9,16,19H,10,17H2,1-3H3. The minimum Gasteiger partial charge on any atom is -0.271 e. The second kappa shape index (κ2) is 5.95. The SMILES string of the molecule is Cc1cccc(C(Cc2c(C)cccc2C)NN)n1. The molecular formula is C16H21N3. The van der Waals surface area contributed by atoms with Crippen LogP contribution in [-0.2, 0) is 6.42 Å². The van der Waals surface area contributed by atoms with Gasteiger partial charge in [-0.25, -0.2) is 0 Å². The molecule has 1 aromatic heterocycles. The largest absolute Gasteiger partial charge is 0.271 e. The number of hydrogen-bond donors (Lipinski definition) is 2. The first-order valence-electron chi connectivity index (χ1n) is 6.56. The molecule has 3 N–H and O–H groups in total. The van der Waals surface area contributed by atoms with Gasteiger partial charge < -0.3 is 0 Å². The number of hydrazine groups is 1. The fourth-order valence-corrected chi connectivity index (χ4v) is 2.38. The van der Waals surface area contributed by atoms with Crippen LogP contribution in [0.1, 0.15) is 34.1 Å². The van der Waals surface area contributed by atoms with Crippen LogP contribution >= 0.6 is 0 Å². The molecular weight excluding hydrogens is 234 g/mol. The molecule has 0 fully saturated rings. The van der Waals surface area contributed by atoms with E-state index in [9.17, 15) is 0 Å². The average Bonchev–Trinajstić information content (AvgIpc) is 2.38. The van der Waals surface area contributed by atoms with Crippen molar-refractivity contribution in [3.63, 3.8) is 0 Å². The van der Waals surface area contributed by atoms with Crippen LogP contribution in [0.3, 0.4) is 0 Å². The van der Waals surface area contributed by atoms with E-state index in [2.05, 4.69) is 42.5 Å². The Labute approximate surface area is 114 Å². The van der Waals surface area contributed by atoms with Crippen molar-refractivity contribution in [2.75, 3.05) is 0 Å². The maximum absolute atomic E-state index is 5.71. The van der Waals surface area contributed by atoms with E-state index in [-0.39, 0.29) is 6.04 Å². The van der Waals surface area contributed by atoms with E-state index >= 15 is 0 Å². The van der Waals surface area contributed by atoms with Crippen LogP contribution in [0.25, 0.3) is 0 Å². The minimum atomic E-state index is 0.0414. The van der Waals surface area contributed by atoms with Crippen LogP contribution < -0.4 is 11.3 Å². The van der Waals surface area contributed by atoms with Crippen LogP contribution in [0.4, 0.5) is 0 Å². The highest BCUT2D eigenvalue weighted by molar-refractivity contribution is 5.35. The van der Waals surface area contributed by atoms with Crippen molar-refractivity contribution in [1.82, 2.24) is 10.4 Å². The smallest absolute Gasteiger partial charge is 0.0672 e. The van der Waals surface area contributed by atoms with Gasteiger partial charge in [0, 0.05) is 5.69 Å². The van der Waals surface area contributed by atoms with Crippen molar-refractivity contribution in [3.8, 4) is 0 Å². The molecule has 0 spiro atoms. The number of hydrogen-bond acceptors (Lipinski definition) is 3. The molecule has 0 aliphatic heterocycles. The Hall–Kier alpha value is -1.71. The van der Waals surface area contributed by atoms with Crippen molar-refractivity contribution < 1.29 is 0 Å². The quantitative estimate of drug-likeness (QED) is 0.652. The summed E-state index contributed by atoms with van der Waals surface area (Å²) in [6.45, 7) is 6.27. The summed E-state index contributed by atoms with van der Waals surface area (Å²) in [4.78, 5) is 4.56. The van der Waals surface area contributed by atoms with Gasteiger partial charge in [-0.05, 0) is 56.0 Å². The molecule has 0 aliphatic rings. The van der Waals surface area contributed by atoms with Crippen molar-refractivity contribution in [3.05, 3.63) is 64.5 Å². The van der Waals surface area contributed by atoms with Crippen molar-refractivity contribution >= 4 is 0 Å². The lowest BCUT2D eigenvalue weighted by molar-refractivity contribution is 0.535. The topological polar surface area (TPSA) is 50.9 Å². The highest BCUT2D eigenvalue weighted by atomic mass is 15.2. The monoisotopic (exact) mass is 255 g/mol. The van der Waals surface area contributed by atoms with Gasteiger partial charge in [0.05, 0.1) is 11.7 Å². The number of rotatable bonds is 4. The zero-order chi connectivity index (χ0) is 13.8. The van der Waals surface area contributed by atoms with E-state index in [0.29, 0.717) is 0 Å². The normalized spacial score (nSPS) is 12.4. The number of aryl methyl sites for hydroxylation is 3. The van der Waals surface area contributed by atoms with Gasteiger partial charge in [-0.1, -0.05) is 24.3 Å². The zero-order valence-electron chi connectivity index (χ0n) is 11.8. The third-order valence-electron chi connectivity index (χ3n) is 3.52. The summed E-state index contributed by atoms with van der Waals surface area (Å²) >= 11 is 0. The Balaban J connectivity index is 2.29. The van der Waals surface area contributed by atoms with E-state index in [0.717, 1.165) is 17.8 Å². The van der Waals surface area contributed by atoms with Crippen LogP contribution in [-0.4, -0.2) is 4.98 Å². The van der Waals surface area contributed by atoms with Crippen LogP contribution in [0.5, 0.6) is 0 Å². The Bertz CT molecular complexity index is 543. The number of nitrogens with zero attached hydrogens (tertiary/aromatic N) is 1. The fourth-order valence-electron chi connectivity index (χ4n) is 2.38. The summed E-state index contributed by atoms with van der Waals surface area (Å²) in [5.41, 5.74) is 8.83. The van der Waals surface area contributed by atoms with E-state index in [1.54, 1.807) is 0 Å². The van der Waals surface area contributed by atoms with Gasteiger partial charge in [-0.3, -0.25) is 16.3 Å². The molecule has 100 valence electrons. The molecule has 2 rings (SSSR count). The highest BCUT2D eigenvalue weighted by Gasteiger charge is 2.14. The first-order chi connectivity index (χ1) is 9.11. The number of nitrogens with one attached hydrogen (secondary N) is 1. The molecule has 3 heteroatoms. The van der Waals surface area contributed by atoms with Crippen LogP contribution in [0.15, 0.2) is 36.4 Å². The van der Waals surface area contributed by atoms with Gasteiger partial charge in [0.1, 0.15) is 0 Å². The maximum atomic E-state index is 5.71. The third-order valence-corrected chi connectivity index (χ3v) is 3.52. The maximum Gasteiger partial charge on any atom is 0.0672 e. The van der Waals surface area contributed by atoms with Gasteiger partial charge in [0.15, 0.2) is 0 Å². The fraction of sp³-hybridized carbons (Fsp3) is 0.312. The Kier molecular flexibility index (Phi) is 4.30. The molecule has 1 atom stereocenters. The Morgan fingerprint density at radius 1 is 1.05 bits per heavy atom. The van der Waals surface area contributed by atoms with Gasteiger partial charge in [-0.15, -0.1) is 0 Å². The molecule has 19 heavy (non-hydrogen) atoms. The van der Waals surface area contributed by atoms with Gasteiger partial charge in [-0.2, -0.15) is 0 Å². The molecule has 0 saturated heterocycles. The van der Waals surface area contributed by atoms with Crippen molar-refractivity contribution in [2.24, 2.45) is 5.84 Å². The molecule has 2 aromatic rings. The second-order valence-corrected chi connectivity index (χ2v) is 5.00. The molecule has 0 saturated carbocycles. The van der Waals surface area contributed by atoms with Crippen molar-refractivity contribution in [2.45, 2.75) is 33.2 Å². The van der Waals surface area contributed by atoms with Crippen LogP contribution in [0.2, 0.25) is 0 Å². The zero-order valence-corrected chi connectivity index (χ0v) is 11.8. The summed E-state index contributed by atoms with van der Waals surface area (Å²) in [5, 5.41) is 0. The molecule has 0 bridgehead atoms. The summed E-state index contributed by atoms with van der Waals surface area (Å²) in [6.07, 6.45) is 0.853. The summed E-state index contributed by atoms with van der Waals surface area (Å²) in [6, 6.07) is 12.4. The molecule has 1 aromatic carbocycles. The predicted octanol–water partition coefficient (Wildman–Crippen LogP) is 2.75. The van der Waals surface area contributed by atoms with E-state index in [1.807, 2.05) is 25.1 Å². The minimum absolute atomic E-state index is 0.0414. The molecule has 3 nitrogen and oxygen atoms in total. The molecule has 1 unspecified atom stereocenters. The Morgan fingerprint density at radius 2 is 1.68 bits per heavy atom. The summed E-state index contributed by atoms with van der Waals surface area (Å²) < 4.78 is 0. The number of benzene rings is 1. The van der Waals surface area contributed by atoms with E-state index in [4.69, 9.17) is 5.84 Å². The van der Waals surface area contributed by atoms with Crippen molar-refractivity contribution in [1.29, 1.82) is 0 Å². The lowest BCUT2D eigenvalue weighted by atomic mass is 9.95.